The molecular formula is C7H22O4Si3. The van der Waals surface area contributed by atoms with Gasteiger partial charge < -0.3 is 17.8 Å². The van der Waals surface area contributed by atoms with Gasteiger partial charge in [0.05, 0.1) is 0 Å². The Labute approximate surface area is 89.6 Å². The van der Waals surface area contributed by atoms with Crippen LogP contribution in [-0.4, -0.2) is 35.3 Å². The first-order chi connectivity index (χ1) is 5.97. The minimum Gasteiger partial charge on any atom is -0.416 e. The molecule has 0 fully saturated rings. The highest BCUT2D eigenvalue weighted by Crippen LogP contribution is 2.19. The summed E-state index contributed by atoms with van der Waals surface area (Å²) in [5.74, 6) is 0. The zero-order chi connectivity index (χ0) is 11.6. The molecule has 0 saturated carbocycles. The molecule has 0 aliphatic heterocycles. The van der Waals surface area contributed by atoms with Crippen LogP contribution in [0.4, 0.5) is 0 Å². The Balaban J connectivity index is 4.35. The summed E-state index contributed by atoms with van der Waals surface area (Å²) in [6, 6.07) is 0.639. The van der Waals surface area contributed by atoms with Crippen LogP contribution in [0.3, 0.4) is 0 Å². The SMILES string of the molecule is CC[Si](C)(O)O[Si](C)(C)O[Si](C)(C)O. The molecule has 2 N–H and O–H groups in total. The minimum atomic E-state index is -2.56. The van der Waals surface area contributed by atoms with Gasteiger partial charge in [0.2, 0.25) is 0 Å². The van der Waals surface area contributed by atoms with Gasteiger partial charge in [-0.2, -0.15) is 0 Å². The molecule has 0 rings (SSSR count). The van der Waals surface area contributed by atoms with Gasteiger partial charge in [0, 0.05) is 0 Å². The fourth-order valence-corrected chi connectivity index (χ4v) is 11.4. The van der Waals surface area contributed by atoms with Gasteiger partial charge in [-0.3, -0.25) is 0 Å². The highest BCUT2D eigenvalue weighted by Gasteiger charge is 2.40. The second-order valence-corrected chi connectivity index (χ2v) is 15.0. The van der Waals surface area contributed by atoms with Crippen molar-refractivity contribution in [2.45, 2.75) is 45.7 Å². The first-order valence-electron chi connectivity index (χ1n) is 4.82. The van der Waals surface area contributed by atoms with Crippen molar-refractivity contribution in [3.05, 3.63) is 0 Å². The molecule has 0 aromatic rings. The first kappa shape index (κ1) is 14.5. The molecule has 0 aromatic carbocycles. The fourth-order valence-electron chi connectivity index (χ4n) is 1.22. The van der Waals surface area contributed by atoms with Crippen molar-refractivity contribution < 1.29 is 17.8 Å². The van der Waals surface area contributed by atoms with Crippen LogP contribution in [0.25, 0.3) is 0 Å². The molecular weight excluding hydrogens is 232 g/mol. The standard InChI is InChI=1S/C7H22O4Si3/c1-7-14(6,9)11-13(4,5)10-12(2,3)8/h8-9H,7H2,1-6H3. The van der Waals surface area contributed by atoms with Crippen LogP contribution in [0.15, 0.2) is 0 Å². The second kappa shape index (κ2) is 4.56. The highest BCUT2D eigenvalue weighted by molar-refractivity contribution is 6.84. The average Bonchev–Trinajstić information content (AvgIpc) is 1.78. The van der Waals surface area contributed by atoms with Gasteiger partial charge in [-0.25, -0.2) is 0 Å². The molecule has 86 valence electrons. The van der Waals surface area contributed by atoms with E-state index in [0.717, 1.165) is 0 Å². The predicted molar refractivity (Wildman–Crippen MR) is 63.7 cm³/mol. The van der Waals surface area contributed by atoms with Crippen LogP contribution in [0, 0.1) is 0 Å². The molecule has 0 aliphatic carbocycles. The van der Waals surface area contributed by atoms with Crippen molar-refractivity contribution >= 4 is 25.7 Å². The quantitative estimate of drug-likeness (QED) is 0.730. The molecule has 0 saturated heterocycles. The molecule has 4 nitrogen and oxygen atoms in total. The third-order valence-corrected chi connectivity index (χ3v) is 10.6. The fraction of sp³-hybridized carbons (Fsp3) is 1.00. The molecule has 1 atom stereocenters. The van der Waals surface area contributed by atoms with Crippen LogP contribution >= 0.6 is 0 Å². The molecule has 0 aromatic heterocycles. The van der Waals surface area contributed by atoms with Crippen molar-refractivity contribution in [2.24, 2.45) is 0 Å². The first-order valence-corrected chi connectivity index (χ1v) is 13.1. The third kappa shape index (κ3) is 6.87. The molecule has 1 unspecified atom stereocenters. The summed E-state index contributed by atoms with van der Waals surface area (Å²) in [4.78, 5) is 19.5. The lowest BCUT2D eigenvalue weighted by Crippen LogP contribution is -2.53. The van der Waals surface area contributed by atoms with Gasteiger partial charge in [0.25, 0.3) is 0 Å². The van der Waals surface area contributed by atoms with Crippen molar-refractivity contribution in [1.82, 2.24) is 0 Å². The third-order valence-electron chi connectivity index (χ3n) is 1.62. The van der Waals surface area contributed by atoms with Gasteiger partial charge in [-0.05, 0) is 38.8 Å². The molecule has 0 heterocycles. The van der Waals surface area contributed by atoms with E-state index in [1.807, 2.05) is 20.0 Å². The van der Waals surface area contributed by atoms with Gasteiger partial charge in [0.1, 0.15) is 0 Å². The molecule has 0 aliphatic rings. The normalized spacial score (nSPS) is 18.0. The van der Waals surface area contributed by atoms with Crippen molar-refractivity contribution in [2.75, 3.05) is 0 Å². The Morgan fingerprint density at radius 3 is 1.64 bits per heavy atom. The van der Waals surface area contributed by atoms with E-state index >= 15 is 0 Å². The maximum absolute atomic E-state index is 9.86. The molecule has 0 spiro atoms. The second-order valence-electron chi connectivity index (χ2n) is 4.58. The Kier molecular flexibility index (Phi) is 4.72. The maximum Gasteiger partial charge on any atom is 0.323 e. The van der Waals surface area contributed by atoms with Crippen LogP contribution < -0.4 is 0 Å². The molecule has 0 amide bonds. The monoisotopic (exact) mass is 254 g/mol. The smallest absolute Gasteiger partial charge is 0.323 e. The Bertz CT molecular complexity index is 188. The lowest BCUT2D eigenvalue weighted by molar-refractivity contribution is 0.290. The Morgan fingerprint density at radius 2 is 1.36 bits per heavy atom. The number of hydrogen-bond acceptors (Lipinski definition) is 4. The van der Waals surface area contributed by atoms with Crippen molar-refractivity contribution in [1.29, 1.82) is 0 Å². The number of rotatable bonds is 5. The predicted octanol–water partition coefficient (Wildman–Crippen LogP) is 1.50. The topological polar surface area (TPSA) is 58.9 Å². The van der Waals surface area contributed by atoms with E-state index in [-0.39, 0.29) is 0 Å². The summed E-state index contributed by atoms with van der Waals surface area (Å²) in [6.45, 7) is 10.8. The molecule has 14 heavy (non-hydrogen) atoms. The summed E-state index contributed by atoms with van der Waals surface area (Å²) >= 11 is 0. The van der Waals surface area contributed by atoms with Crippen LogP contribution in [0.1, 0.15) is 6.92 Å². The van der Waals surface area contributed by atoms with Crippen molar-refractivity contribution in [3.8, 4) is 0 Å². The molecule has 0 bridgehead atoms. The van der Waals surface area contributed by atoms with E-state index in [4.69, 9.17) is 8.23 Å². The van der Waals surface area contributed by atoms with Gasteiger partial charge in [-0.1, -0.05) is 6.92 Å². The average molecular weight is 255 g/mol. The van der Waals surface area contributed by atoms with E-state index in [2.05, 4.69) is 0 Å². The van der Waals surface area contributed by atoms with Gasteiger partial charge >= 0.3 is 25.7 Å². The zero-order valence-electron chi connectivity index (χ0n) is 9.92. The van der Waals surface area contributed by atoms with Crippen LogP contribution in [0.2, 0.25) is 38.8 Å². The lowest BCUT2D eigenvalue weighted by atomic mass is 11.0. The highest BCUT2D eigenvalue weighted by atomic mass is 28.5. The van der Waals surface area contributed by atoms with E-state index in [0.29, 0.717) is 6.04 Å². The van der Waals surface area contributed by atoms with Crippen molar-refractivity contribution in [3.63, 3.8) is 0 Å². The van der Waals surface area contributed by atoms with E-state index < -0.39 is 25.7 Å². The summed E-state index contributed by atoms with van der Waals surface area (Å²) in [5, 5.41) is 0. The lowest BCUT2D eigenvalue weighted by Gasteiger charge is -2.34. The summed E-state index contributed by atoms with van der Waals surface area (Å²) in [6.07, 6.45) is 0. The summed E-state index contributed by atoms with van der Waals surface area (Å²) in [7, 11) is -7.49. The summed E-state index contributed by atoms with van der Waals surface area (Å²) in [5.41, 5.74) is 0. The maximum atomic E-state index is 9.86. The van der Waals surface area contributed by atoms with Gasteiger partial charge in [0.15, 0.2) is 0 Å². The number of hydrogen-bond donors (Lipinski definition) is 2. The van der Waals surface area contributed by atoms with Crippen LogP contribution in [0.5, 0.6) is 0 Å². The van der Waals surface area contributed by atoms with E-state index in [9.17, 15) is 9.59 Å². The Hall–Kier alpha value is 0.491. The molecule has 0 radical (unpaired) electrons. The summed E-state index contributed by atoms with van der Waals surface area (Å²) < 4.78 is 11.2. The zero-order valence-corrected chi connectivity index (χ0v) is 12.9. The minimum absolute atomic E-state index is 0.639. The van der Waals surface area contributed by atoms with E-state index in [1.54, 1.807) is 19.6 Å². The van der Waals surface area contributed by atoms with Gasteiger partial charge in [-0.15, -0.1) is 0 Å². The molecule has 7 heteroatoms. The largest absolute Gasteiger partial charge is 0.416 e. The van der Waals surface area contributed by atoms with Crippen LogP contribution in [-0.2, 0) is 8.23 Å². The Morgan fingerprint density at radius 1 is 0.929 bits per heavy atom. The van der Waals surface area contributed by atoms with E-state index in [1.165, 1.54) is 0 Å².